The number of rotatable bonds is 4. The molecule has 1 atom stereocenters. The molecule has 0 saturated heterocycles. The second-order valence-electron chi connectivity index (χ2n) is 6.50. The first-order valence-corrected chi connectivity index (χ1v) is 8.30. The van der Waals surface area contributed by atoms with Crippen molar-refractivity contribution >= 4 is 16.7 Å². The van der Waals surface area contributed by atoms with Crippen molar-refractivity contribution in [2.75, 3.05) is 6.79 Å². The van der Waals surface area contributed by atoms with Gasteiger partial charge < -0.3 is 24.3 Å². The van der Waals surface area contributed by atoms with Gasteiger partial charge in [-0.2, -0.15) is 0 Å². The van der Waals surface area contributed by atoms with E-state index in [1.807, 2.05) is 42.1 Å². The molecule has 2 N–H and O–H groups in total. The van der Waals surface area contributed by atoms with E-state index >= 15 is 0 Å². The number of aliphatic hydroxyl groups excluding tert-OH is 1. The number of hydrogen-bond donors (Lipinski definition) is 2. The van der Waals surface area contributed by atoms with Crippen LogP contribution in [0.1, 0.15) is 35.8 Å². The molecule has 0 radical (unpaired) electrons. The summed E-state index contributed by atoms with van der Waals surface area (Å²) >= 11 is 0. The highest BCUT2D eigenvalue weighted by molar-refractivity contribution is 5.95. The molecule has 134 valence electrons. The van der Waals surface area contributed by atoms with Crippen molar-refractivity contribution in [2.45, 2.75) is 19.1 Å². The van der Waals surface area contributed by atoms with E-state index in [4.69, 9.17) is 9.47 Å². The molecule has 2 aromatic carbocycles. The van der Waals surface area contributed by atoms with Crippen molar-refractivity contribution in [1.82, 2.24) is 4.57 Å². The minimum Gasteiger partial charge on any atom is -0.454 e. The highest BCUT2D eigenvalue weighted by Gasteiger charge is 2.26. The zero-order valence-electron chi connectivity index (χ0n) is 14.5. The molecule has 4 rings (SSSR count). The topological polar surface area (TPSA) is 80.9 Å². The number of ketones is 1. The average Bonchev–Trinajstić information content (AvgIpc) is 3.19. The molecule has 6 heteroatoms. The number of aromatic nitrogens is 1. The van der Waals surface area contributed by atoms with Crippen molar-refractivity contribution in [1.29, 1.82) is 0 Å². The first kappa shape index (κ1) is 16.6. The lowest BCUT2D eigenvalue weighted by Gasteiger charge is -2.15. The molecule has 6 nitrogen and oxygen atoms in total. The van der Waals surface area contributed by atoms with Gasteiger partial charge in [-0.1, -0.05) is 18.2 Å². The van der Waals surface area contributed by atoms with Gasteiger partial charge in [0, 0.05) is 29.7 Å². The number of fused-ring (bicyclic) bond motifs is 2. The average molecular weight is 353 g/mol. The van der Waals surface area contributed by atoms with Crippen molar-refractivity contribution in [3.63, 3.8) is 0 Å². The monoisotopic (exact) mass is 353 g/mol. The van der Waals surface area contributed by atoms with Crippen LogP contribution in [-0.2, 0) is 11.8 Å². The minimum atomic E-state index is -1.53. The third kappa shape index (κ3) is 2.64. The smallest absolute Gasteiger partial charge is 0.231 e. The normalized spacial score (nSPS) is 14.2. The Morgan fingerprint density at radius 1 is 1.08 bits per heavy atom. The number of carbonyl (C=O) groups excluding carboxylic acids is 1. The van der Waals surface area contributed by atoms with Crippen LogP contribution in [0.4, 0.5) is 0 Å². The van der Waals surface area contributed by atoms with E-state index in [-0.39, 0.29) is 12.6 Å². The number of hydrogen-bond acceptors (Lipinski definition) is 5. The van der Waals surface area contributed by atoms with Crippen molar-refractivity contribution in [3.05, 3.63) is 59.3 Å². The van der Waals surface area contributed by atoms with Crippen LogP contribution in [0.15, 0.2) is 42.6 Å². The first-order chi connectivity index (χ1) is 12.5. The maximum atomic E-state index is 12.5. The minimum absolute atomic E-state index is 0.0163. The van der Waals surface area contributed by atoms with Gasteiger partial charge in [-0.05, 0) is 36.2 Å². The van der Waals surface area contributed by atoms with Gasteiger partial charge in [-0.3, -0.25) is 4.79 Å². The number of aliphatic hydroxyl groups is 2. The van der Waals surface area contributed by atoms with E-state index in [9.17, 15) is 15.0 Å². The standard InChI is InChI=1S/C20H19NO5/c1-11(22)19(12-4-6-17-18(8-12)26-10-25-17)15-9-21(2)16-7-13(20(23)24)3-5-14(15)16/h3-9,19-20,23-24H,10H2,1-2H3. The van der Waals surface area contributed by atoms with Crippen molar-refractivity contribution < 1.29 is 24.5 Å². The van der Waals surface area contributed by atoms with Crippen LogP contribution in [0.2, 0.25) is 0 Å². The third-order valence-electron chi connectivity index (χ3n) is 4.79. The van der Waals surface area contributed by atoms with Crippen LogP contribution < -0.4 is 9.47 Å². The lowest BCUT2D eigenvalue weighted by atomic mass is 9.87. The Morgan fingerprint density at radius 3 is 2.54 bits per heavy atom. The fourth-order valence-electron chi connectivity index (χ4n) is 3.55. The molecular weight excluding hydrogens is 334 g/mol. The fraction of sp³-hybridized carbons (Fsp3) is 0.250. The number of nitrogens with zero attached hydrogens (tertiary/aromatic N) is 1. The first-order valence-electron chi connectivity index (χ1n) is 8.30. The Bertz CT molecular complexity index is 1000. The molecule has 26 heavy (non-hydrogen) atoms. The second kappa shape index (κ2) is 6.16. The van der Waals surface area contributed by atoms with E-state index < -0.39 is 12.2 Å². The largest absolute Gasteiger partial charge is 0.454 e. The Kier molecular flexibility index (Phi) is 3.94. The van der Waals surface area contributed by atoms with E-state index in [1.54, 1.807) is 19.1 Å². The SMILES string of the molecule is CC(=O)C(c1ccc2c(c1)OCO2)c1cn(C)c2cc(C(O)O)ccc12. The summed E-state index contributed by atoms with van der Waals surface area (Å²) in [5, 5.41) is 19.7. The highest BCUT2D eigenvalue weighted by Crippen LogP contribution is 2.39. The van der Waals surface area contributed by atoms with E-state index in [0.29, 0.717) is 17.1 Å². The van der Waals surface area contributed by atoms with E-state index in [1.165, 1.54) is 0 Å². The molecule has 0 amide bonds. The Balaban J connectivity index is 1.86. The molecule has 1 aliphatic rings. The zero-order chi connectivity index (χ0) is 18.4. The van der Waals surface area contributed by atoms with Gasteiger partial charge >= 0.3 is 0 Å². The fourth-order valence-corrected chi connectivity index (χ4v) is 3.55. The van der Waals surface area contributed by atoms with Crippen LogP contribution in [0, 0.1) is 0 Å². The predicted octanol–water partition coefficient (Wildman–Crippen LogP) is 2.61. The summed E-state index contributed by atoms with van der Waals surface area (Å²) in [6.45, 7) is 1.75. The summed E-state index contributed by atoms with van der Waals surface area (Å²) < 4.78 is 12.7. The number of ether oxygens (including phenoxy) is 2. The van der Waals surface area contributed by atoms with E-state index in [2.05, 4.69) is 0 Å². The van der Waals surface area contributed by atoms with Crippen LogP contribution in [-0.4, -0.2) is 27.4 Å². The summed E-state index contributed by atoms with van der Waals surface area (Å²) in [7, 11) is 1.87. The molecule has 3 aromatic rings. The number of Topliss-reactive ketones (excluding diaryl/α,β-unsaturated/α-hetero) is 1. The quantitative estimate of drug-likeness (QED) is 0.705. The molecule has 1 aromatic heterocycles. The van der Waals surface area contributed by atoms with Gasteiger partial charge in [0.15, 0.2) is 17.8 Å². The molecule has 1 aliphatic heterocycles. The van der Waals surface area contributed by atoms with Crippen LogP contribution in [0.5, 0.6) is 11.5 Å². The third-order valence-corrected chi connectivity index (χ3v) is 4.79. The molecular formula is C20H19NO5. The van der Waals surface area contributed by atoms with Crippen LogP contribution in [0.3, 0.4) is 0 Å². The van der Waals surface area contributed by atoms with Gasteiger partial charge in [-0.25, -0.2) is 0 Å². The van der Waals surface area contributed by atoms with Gasteiger partial charge in [0.1, 0.15) is 5.78 Å². The Hall–Kier alpha value is -2.83. The zero-order valence-corrected chi connectivity index (χ0v) is 14.5. The number of carbonyl (C=O) groups is 1. The van der Waals surface area contributed by atoms with Crippen LogP contribution in [0.25, 0.3) is 10.9 Å². The van der Waals surface area contributed by atoms with Crippen LogP contribution >= 0.6 is 0 Å². The highest BCUT2D eigenvalue weighted by atomic mass is 16.7. The number of benzene rings is 2. The summed E-state index contributed by atoms with van der Waals surface area (Å²) in [4.78, 5) is 12.5. The molecule has 0 aliphatic carbocycles. The van der Waals surface area contributed by atoms with E-state index in [0.717, 1.165) is 22.0 Å². The second-order valence-corrected chi connectivity index (χ2v) is 6.50. The molecule has 0 bridgehead atoms. The summed E-state index contributed by atoms with van der Waals surface area (Å²) in [5.41, 5.74) is 2.94. The molecule has 0 saturated carbocycles. The van der Waals surface area contributed by atoms with Crippen molar-refractivity contribution in [3.8, 4) is 11.5 Å². The Morgan fingerprint density at radius 2 is 1.81 bits per heavy atom. The van der Waals surface area contributed by atoms with Crippen molar-refractivity contribution in [2.24, 2.45) is 7.05 Å². The maximum Gasteiger partial charge on any atom is 0.231 e. The molecule has 2 heterocycles. The summed E-state index contributed by atoms with van der Waals surface area (Å²) in [6, 6.07) is 10.7. The van der Waals surface area contributed by atoms with Gasteiger partial charge in [-0.15, -0.1) is 0 Å². The van der Waals surface area contributed by atoms with Gasteiger partial charge in [0.2, 0.25) is 6.79 Å². The number of aryl methyl sites for hydroxylation is 1. The van der Waals surface area contributed by atoms with Gasteiger partial charge in [0.25, 0.3) is 0 Å². The molecule has 0 spiro atoms. The van der Waals surface area contributed by atoms with Gasteiger partial charge in [0.05, 0.1) is 5.92 Å². The molecule has 0 fully saturated rings. The summed E-state index contributed by atoms with van der Waals surface area (Å²) in [6.07, 6.45) is 0.379. The lowest BCUT2D eigenvalue weighted by molar-refractivity contribution is -0.117. The Labute approximate surface area is 150 Å². The lowest BCUT2D eigenvalue weighted by Crippen LogP contribution is -2.10. The molecule has 1 unspecified atom stereocenters. The maximum absolute atomic E-state index is 12.5. The predicted molar refractivity (Wildman–Crippen MR) is 95.2 cm³/mol. The summed E-state index contributed by atoms with van der Waals surface area (Å²) in [5.74, 6) is 0.885.